The molecule has 1 N–H and O–H groups in total. The Morgan fingerprint density at radius 3 is 2.38 bits per heavy atom. The van der Waals surface area contributed by atoms with Crippen molar-refractivity contribution >= 4 is 11.8 Å². The molecule has 0 aliphatic carbocycles. The summed E-state index contributed by atoms with van der Waals surface area (Å²) >= 11 is 2.00. The summed E-state index contributed by atoms with van der Waals surface area (Å²) in [5.41, 5.74) is 0. The van der Waals surface area contributed by atoms with Gasteiger partial charge in [0.15, 0.2) is 0 Å². The molecule has 1 rings (SSSR count). The van der Waals surface area contributed by atoms with Crippen molar-refractivity contribution in [2.24, 2.45) is 0 Å². The highest BCUT2D eigenvalue weighted by Crippen LogP contribution is 2.32. The van der Waals surface area contributed by atoms with Crippen molar-refractivity contribution in [2.45, 2.75) is 31.6 Å². The summed E-state index contributed by atoms with van der Waals surface area (Å²) in [4.78, 5) is 0. The van der Waals surface area contributed by atoms with Gasteiger partial charge in [-0.15, -0.1) is 11.8 Å². The fourth-order valence-corrected chi connectivity index (χ4v) is 1.76. The third-order valence-corrected chi connectivity index (χ3v) is 3.29. The van der Waals surface area contributed by atoms with Crippen molar-refractivity contribution in [3.8, 4) is 0 Å². The molecule has 1 heterocycles. The van der Waals surface area contributed by atoms with Gasteiger partial charge < -0.3 is 5.32 Å². The Hall–Kier alpha value is 0.310. The standard InChI is InChI=1S/C6H13NS/c1-5-6(2,3)8-4-7-5/h5,7H,4H2,1-3H3. The van der Waals surface area contributed by atoms with Gasteiger partial charge in [-0.25, -0.2) is 0 Å². The summed E-state index contributed by atoms with van der Waals surface area (Å²) in [6.07, 6.45) is 0. The highest BCUT2D eigenvalue weighted by atomic mass is 32.2. The van der Waals surface area contributed by atoms with Gasteiger partial charge >= 0.3 is 0 Å². The van der Waals surface area contributed by atoms with Crippen molar-refractivity contribution < 1.29 is 0 Å². The van der Waals surface area contributed by atoms with E-state index in [-0.39, 0.29) is 0 Å². The van der Waals surface area contributed by atoms with Gasteiger partial charge in [0.2, 0.25) is 0 Å². The predicted octanol–water partition coefficient (Wildman–Crippen LogP) is 1.45. The predicted molar refractivity (Wildman–Crippen MR) is 39.1 cm³/mol. The maximum atomic E-state index is 3.37. The lowest BCUT2D eigenvalue weighted by Crippen LogP contribution is -2.32. The lowest BCUT2D eigenvalue weighted by atomic mass is 10.1. The van der Waals surface area contributed by atoms with Gasteiger partial charge in [0.25, 0.3) is 0 Å². The molecule has 1 fully saturated rings. The molecule has 1 nitrogen and oxygen atoms in total. The van der Waals surface area contributed by atoms with Crippen molar-refractivity contribution in [1.29, 1.82) is 0 Å². The molecule has 0 aromatic rings. The maximum Gasteiger partial charge on any atom is 0.0426 e. The van der Waals surface area contributed by atoms with E-state index >= 15 is 0 Å². The van der Waals surface area contributed by atoms with Crippen molar-refractivity contribution in [2.75, 3.05) is 5.88 Å². The molecule has 0 aromatic carbocycles. The van der Waals surface area contributed by atoms with E-state index in [0.717, 1.165) is 5.88 Å². The molecular formula is C6H13NS. The quantitative estimate of drug-likeness (QED) is 0.534. The molecule has 0 aromatic heterocycles. The largest absolute Gasteiger partial charge is 0.304 e. The lowest BCUT2D eigenvalue weighted by molar-refractivity contribution is 0.523. The van der Waals surface area contributed by atoms with Crippen LogP contribution in [0, 0.1) is 0 Å². The van der Waals surface area contributed by atoms with Gasteiger partial charge in [-0.05, 0) is 20.8 Å². The molecule has 1 atom stereocenters. The fourth-order valence-electron chi connectivity index (χ4n) is 0.723. The van der Waals surface area contributed by atoms with Gasteiger partial charge in [0.1, 0.15) is 0 Å². The third-order valence-electron chi connectivity index (χ3n) is 1.88. The molecule has 0 radical (unpaired) electrons. The second kappa shape index (κ2) is 1.92. The van der Waals surface area contributed by atoms with Gasteiger partial charge in [-0.3, -0.25) is 0 Å². The topological polar surface area (TPSA) is 12.0 Å². The molecule has 8 heavy (non-hydrogen) atoms. The Bertz CT molecular complexity index is 90.5. The van der Waals surface area contributed by atoms with Crippen LogP contribution in [-0.4, -0.2) is 16.7 Å². The third kappa shape index (κ3) is 1.00. The number of hydrogen-bond donors (Lipinski definition) is 1. The zero-order valence-corrected chi connectivity index (χ0v) is 6.51. The maximum absolute atomic E-state index is 3.37. The Balaban J connectivity index is 2.54. The van der Waals surface area contributed by atoms with E-state index in [4.69, 9.17) is 0 Å². The minimum atomic E-state index is 0.458. The summed E-state index contributed by atoms with van der Waals surface area (Å²) in [6, 6.07) is 0.674. The minimum Gasteiger partial charge on any atom is -0.304 e. The first kappa shape index (κ1) is 6.43. The highest BCUT2D eigenvalue weighted by molar-refractivity contribution is 8.00. The van der Waals surface area contributed by atoms with Crippen LogP contribution in [0.4, 0.5) is 0 Å². The summed E-state index contributed by atoms with van der Waals surface area (Å²) in [5.74, 6) is 1.12. The number of thioether (sulfide) groups is 1. The minimum absolute atomic E-state index is 0.458. The molecule has 0 spiro atoms. The SMILES string of the molecule is CC1NCSC1(C)C. The molecule has 1 saturated heterocycles. The monoisotopic (exact) mass is 131 g/mol. The van der Waals surface area contributed by atoms with E-state index in [0.29, 0.717) is 10.8 Å². The Kier molecular flexibility index (Phi) is 1.54. The van der Waals surface area contributed by atoms with Crippen LogP contribution in [0.25, 0.3) is 0 Å². The van der Waals surface area contributed by atoms with Gasteiger partial charge in [0.05, 0.1) is 0 Å². The molecule has 1 aliphatic rings. The van der Waals surface area contributed by atoms with Crippen LogP contribution in [0.15, 0.2) is 0 Å². The number of rotatable bonds is 0. The van der Waals surface area contributed by atoms with E-state index in [1.807, 2.05) is 11.8 Å². The zero-order chi connectivity index (χ0) is 6.20. The summed E-state index contributed by atoms with van der Waals surface area (Å²) in [5, 5.41) is 3.37. The van der Waals surface area contributed by atoms with Crippen molar-refractivity contribution in [3.05, 3.63) is 0 Å². The van der Waals surface area contributed by atoms with Crippen LogP contribution in [0.2, 0.25) is 0 Å². The second-order valence-corrected chi connectivity index (χ2v) is 4.45. The second-order valence-electron chi connectivity index (χ2n) is 2.82. The van der Waals surface area contributed by atoms with Gasteiger partial charge in [-0.2, -0.15) is 0 Å². The normalized spacial score (nSPS) is 35.6. The summed E-state index contributed by atoms with van der Waals surface area (Å²) in [7, 11) is 0. The molecule has 2 heteroatoms. The molecule has 48 valence electrons. The first-order valence-electron chi connectivity index (χ1n) is 3.00. The molecule has 0 amide bonds. The van der Waals surface area contributed by atoms with Crippen LogP contribution in [0.3, 0.4) is 0 Å². The molecular weight excluding hydrogens is 118 g/mol. The first-order valence-corrected chi connectivity index (χ1v) is 3.99. The van der Waals surface area contributed by atoms with E-state index in [1.54, 1.807) is 0 Å². The zero-order valence-electron chi connectivity index (χ0n) is 5.69. The van der Waals surface area contributed by atoms with E-state index in [2.05, 4.69) is 26.1 Å². The first-order chi connectivity index (χ1) is 3.63. The van der Waals surface area contributed by atoms with Crippen LogP contribution >= 0.6 is 11.8 Å². The number of nitrogens with one attached hydrogen (secondary N) is 1. The molecule has 1 unspecified atom stereocenters. The van der Waals surface area contributed by atoms with Gasteiger partial charge in [-0.1, -0.05) is 0 Å². The average Bonchev–Trinajstić information content (AvgIpc) is 1.86. The van der Waals surface area contributed by atoms with E-state index in [9.17, 15) is 0 Å². The van der Waals surface area contributed by atoms with Crippen molar-refractivity contribution in [1.82, 2.24) is 5.32 Å². The Labute approximate surface area is 55.2 Å². The van der Waals surface area contributed by atoms with Crippen LogP contribution in [0.5, 0.6) is 0 Å². The molecule has 0 bridgehead atoms. The van der Waals surface area contributed by atoms with Crippen LogP contribution in [-0.2, 0) is 0 Å². The smallest absolute Gasteiger partial charge is 0.0426 e. The number of hydrogen-bond acceptors (Lipinski definition) is 2. The Morgan fingerprint density at radius 2 is 2.25 bits per heavy atom. The van der Waals surface area contributed by atoms with Crippen LogP contribution in [0.1, 0.15) is 20.8 Å². The lowest BCUT2D eigenvalue weighted by Gasteiger charge is -2.20. The summed E-state index contributed by atoms with van der Waals surface area (Å²) < 4.78 is 0.458. The molecule has 1 aliphatic heterocycles. The molecule has 0 saturated carbocycles. The van der Waals surface area contributed by atoms with E-state index in [1.165, 1.54) is 0 Å². The van der Waals surface area contributed by atoms with E-state index < -0.39 is 0 Å². The average molecular weight is 131 g/mol. The Morgan fingerprint density at radius 1 is 1.62 bits per heavy atom. The van der Waals surface area contributed by atoms with Gasteiger partial charge in [0, 0.05) is 16.7 Å². The fraction of sp³-hybridized carbons (Fsp3) is 1.00. The van der Waals surface area contributed by atoms with Crippen LogP contribution < -0.4 is 5.32 Å². The highest BCUT2D eigenvalue weighted by Gasteiger charge is 2.30. The van der Waals surface area contributed by atoms with Crippen molar-refractivity contribution in [3.63, 3.8) is 0 Å². The summed E-state index contributed by atoms with van der Waals surface area (Å²) in [6.45, 7) is 6.80.